The van der Waals surface area contributed by atoms with E-state index in [1.54, 1.807) is 0 Å². The van der Waals surface area contributed by atoms with Crippen molar-refractivity contribution in [2.75, 3.05) is 0 Å². The molecule has 0 spiro atoms. The van der Waals surface area contributed by atoms with Gasteiger partial charge in [0, 0.05) is 39.6 Å². The van der Waals surface area contributed by atoms with Crippen LogP contribution < -0.4 is 0 Å². The number of hydrogen-bond donors (Lipinski definition) is 0. The summed E-state index contributed by atoms with van der Waals surface area (Å²) in [4.78, 5) is 16.2. The van der Waals surface area contributed by atoms with Crippen LogP contribution in [0.2, 0.25) is 0 Å². The summed E-state index contributed by atoms with van der Waals surface area (Å²) >= 11 is 0. The molecule has 4 heteroatoms. The zero-order valence-corrected chi connectivity index (χ0v) is 33.1. The highest BCUT2D eigenvalue weighted by Gasteiger charge is 2.20. The molecule has 0 N–H and O–H groups in total. The molecule has 0 saturated heterocycles. The molecule has 3 aromatic heterocycles. The molecule has 12 aromatic rings. The Hall–Kier alpha value is -8.21. The Bertz CT molecular complexity index is 3490. The van der Waals surface area contributed by atoms with E-state index in [2.05, 4.69) is 211 Å². The third kappa shape index (κ3) is 5.88. The van der Waals surface area contributed by atoms with E-state index in [4.69, 9.17) is 15.0 Å². The van der Waals surface area contributed by atoms with Crippen LogP contribution in [0, 0.1) is 0 Å². The molecule has 0 bridgehead atoms. The predicted molar refractivity (Wildman–Crippen MR) is 253 cm³/mol. The second-order valence-electron chi connectivity index (χ2n) is 15.6. The maximum absolute atomic E-state index is 5.42. The van der Waals surface area contributed by atoms with Gasteiger partial charge < -0.3 is 0 Å². The molecule has 0 atom stereocenters. The van der Waals surface area contributed by atoms with Gasteiger partial charge in [0.15, 0.2) is 5.82 Å². The number of aromatic nitrogens is 4. The molecule has 0 fully saturated rings. The highest BCUT2D eigenvalue weighted by Crippen LogP contribution is 2.41. The van der Waals surface area contributed by atoms with Crippen molar-refractivity contribution in [3.05, 3.63) is 219 Å². The van der Waals surface area contributed by atoms with Gasteiger partial charge >= 0.3 is 0 Å². The van der Waals surface area contributed by atoms with Gasteiger partial charge in [-0.05, 0) is 79.0 Å². The fraction of sp³-hybridized carbons (Fsp3) is 0. The van der Waals surface area contributed by atoms with E-state index < -0.39 is 0 Å². The first-order chi connectivity index (χ1) is 30.2. The standard InChI is InChI=1S/C57H36N4/c1-3-16-37(17-4-1)45-28-15-33-61-55(54(60-57(45)61)38-18-5-2-6-19-38)39-29-31-40(32-30-39)56-58-52(50-34-41-20-7-9-22-43(41)46-24-11-13-26-48(46)50)36-53(59-56)51-35-42-21-8-10-23-44(42)47-25-12-14-27-49(47)51/h1-36H. The topological polar surface area (TPSA) is 43.1 Å². The van der Waals surface area contributed by atoms with Crippen molar-refractivity contribution >= 4 is 48.7 Å². The second-order valence-corrected chi connectivity index (χ2v) is 15.6. The summed E-state index contributed by atoms with van der Waals surface area (Å²) in [6.07, 6.45) is 2.12. The van der Waals surface area contributed by atoms with Gasteiger partial charge in [0.2, 0.25) is 0 Å². The third-order valence-electron chi connectivity index (χ3n) is 12.0. The summed E-state index contributed by atoms with van der Waals surface area (Å²) in [6.45, 7) is 0. The summed E-state index contributed by atoms with van der Waals surface area (Å²) in [5, 5.41) is 9.53. The SMILES string of the molecule is c1ccc(-c2nc3c(-c4ccccc4)cccn3c2-c2ccc(-c3nc(-c4cc5ccccc5c5ccccc45)cc(-c4cc5ccccc5c5ccccc45)n3)cc2)cc1. The maximum atomic E-state index is 5.42. The Morgan fingerprint density at radius 1 is 0.311 bits per heavy atom. The molecule has 61 heavy (non-hydrogen) atoms. The minimum absolute atomic E-state index is 0.668. The normalized spacial score (nSPS) is 11.6. The van der Waals surface area contributed by atoms with Crippen molar-refractivity contribution in [1.29, 1.82) is 0 Å². The molecular weight excluding hydrogens is 741 g/mol. The van der Waals surface area contributed by atoms with Crippen LogP contribution in [0.1, 0.15) is 0 Å². The van der Waals surface area contributed by atoms with Gasteiger partial charge in [-0.25, -0.2) is 15.0 Å². The molecule has 4 nitrogen and oxygen atoms in total. The fourth-order valence-corrected chi connectivity index (χ4v) is 9.15. The number of pyridine rings is 1. The molecule has 0 aliphatic rings. The molecule has 0 radical (unpaired) electrons. The molecule has 0 saturated carbocycles. The molecule has 3 heterocycles. The Morgan fingerprint density at radius 2 is 0.787 bits per heavy atom. The lowest BCUT2D eigenvalue weighted by molar-refractivity contribution is 1.18. The average molecular weight is 777 g/mol. The van der Waals surface area contributed by atoms with Gasteiger partial charge in [-0.1, -0.05) is 182 Å². The van der Waals surface area contributed by atoms with Crippen LogP contribution in [0.3, 0.4) is 0 Å². The highest BCUT2D eigenvalue weighted by molar-refractivity contribution is 6.15. The van der Waals surface area contributed by atoms with Crippen LogP contribution in [0.4, 0.5) is 0 Å². The third-order valence-corrected chi connectivity index (χ3v) is 12.0. The molecule has 0 unspecified atom stereocenters. The van der Waals surface area contributed by atoms with Crippen molar-refractivity contribution in [3.8, 4) is 67.5 Å². The summed E-state index contributed by atoms with van der Waals surface area (Å²) in [7, 11) is 0. The Morgan fingerprint density at radius 3 is 1.36 bits per heavy atom. The van der Waals surface area contributed by atoms with E-state index in [1.807, 2.05) is 12.1 Å². The highest BCUT2D eigenvalue weighted by atomic mass is 15.0. The van der Waals surface area contributed by atoms with Crippen molar-refractivity contribution in [1.82, 2.24) is 19.4 Å². The van der Waals surface area contributed by atoms with E-state index in [0.29, 0.717) is 5.82 Å². The molecule has 284 valence electrons. The minimum Gasteiger partial charge on any atom is -0.298 e. The van der Waals surface area contributed by atoms with Crippen LogP contribution in [-0.2, 0) is 0 Å². The molecule has 12 rings (SSSR count). The minimum atomic E-state index is 0.668. The maximum Gasteiger partial charge on any atom is 0.160 e. The molecule has 0 amide bonds. The van der Waals surface area contributed by atoms with Gasteiger partial charge in [0.1, 0.15) is 5.65 Å². The van der Waals surface area contributed by atoms with E-state index >= 15 is 0 Å². The Labute approximate surface area is 352 Å². The van der Waals surface area contributed by atoms with Crippen LogP contribution >= 0.6 is 0 Å². The predicted octanol–water partition coefficient (Wildman–Crippen LogP) is 14.7. The number of imidazole rings is 1. The molecular formula is C57H36N4. The number of nitrogens with zero attached hydrogens (tertiary/aromatic N) is 4. The van der Waals surface area contributed by atoms with E-state index in [1.165, 1.54) is 32.3 Å². The van der Waals surface area contributed by atoms with Crippen LogP contribution in [0.15, 0.2) is 219 Å². The second kappa shape index (κ2) is 14.3. The number of hydrogen-bond acceptors (Lipinski definition) is 3. The van der Waals surface area contributed by atoms with Gasteiger partial charge in [0.25, 0.3) is 0 Å². The average Bonchev–Trinajstić information content (AvgIpc) is 3.74. The lowest BCUT2D eigenvalue weighted by Crippen LogP contribution is -1.98. The van der Waals surface area contributed by atoms with Gasteiger partial charge in [-0.15, -0.1) is 0 Å². The number of benzene rings is 9. The van der Waals surface area contributed by atoms with Gasteiger partial charge in [-0.3, -0.25) is 4.40 Å². The quantitative estimate of drug-likeness (QED) is 0.158. The summed E-state index contributed by atoms with van der Waals surface area (Å²) in [6, 6.07) is 75.2. The Kier molecular flexibility index (Phi) is 8.13. The van der Waals surface area contributed by atoms with E-state index in [9.17, 15) is 0 Å². The number of rotatable bonds is 6. The van der Waals surface area contributed by atoms with Crippen molar-refractivity contribution < 1.29 is 0 Å². The smallest absolute Gasteiger partial charge is 0.160 e. The van der Waals surface area contributed by atoms with Crippen molar-refractivity contribution in [3.63, 3.8) is 0 Å². The van der Waals surface area contributed by atoms with Crippen molar-refractivity contribution in [2.24, 2.45) is 0 Å². The van der Waals surface area contributed by atoms with Gasteiger partial charge in [-0.2, -0.15) is 0 Å². The first kappa shape index (κ1) is 34.8. The van der Waals surface area contributed by atoms with Crippen molar-refractivity contribution in [2.45, 2.75) is 0 Å². The summed E-state index contributed by atoms with van der Waals surface area (Å²) < 4.78 is 2.23. The van der Waals surface area contributed by atoms with Gasteiger partial charge in [0.05, 0.1) is 22.8 Å². The largest absolute Gasteiger partial charge is 0.298 e. The first-order valence-electron chi connectivity index (χ1n) is 20.7. The molecule has 0 aliphatic heterocycles. The lowest BCUT2D eigenvalue weighted by Gasteiger charge is -2.15. The monoisotopic (exact) mass is 776 g/mol. The summed E-state index contributed by atoms with van der Waals surface area (Å²) in [5.74, 6) is 0.668. The molecule has 0 aliphatic carbocycles. The van der Waals surface area contributed by atoms with E-state index in [-0.39, 0.29) is 0 Å². The van der Waals surface area contributed by atoms with Crippen LogP contribution in [-0.4, -0.2) is 19.4 Å². The molecule has 9 aromatic carbocycles. The first-order valence-corrected chi connectivity index (χ1v) is 20.7. The van der Waals surface area contributed by atoms with Crippen LogP contribution in [0.25, 0.3) is 116 Å². The zero-order chi connectivity index (χ0) is 40.3. The lowest BCUT2D eigenvalue weighted by atomic mass is 9.93. The number of fused-ring (bicyclic) bond motifs is 7. The fourth-order valence-electron chi connectivity index (χ4n) is 9.15. The van der Waals surface area contributed by atoms with E-state index in [0.717, 1.165) is 78.1 Å². The zero-order valence-electron chi connectivity index (χ0n) is 33.1. The Balaban J connectivity index is 1.07. The summed E-state index contributed by atoms with van der Waals surface area (Å²) in [5.41, 5.74) is 12.1. The van der Waals surface area contributed by atoms with Crippen LogP contribution in [0.5, 0.6) is 0 Å².